The lowest BCUT2D eigenvalue weighted by molar-refractivity contribution is 0.348. The second kappa shape index (κ2) is 5.56. The molecule has 3 rings (SSSR count). The number of nitrogens with one attached hydrogen (secondary N) is 1. The van der Waals surface area contributed by atoms with Crippen molar-refractivity contribution in [2.45, 2.75) is 18.5 Å². The van der Waals surface area contributed by atoms with E-state index in [1.165, 1.54) is 5.56 Å². The Balaban J connectivity index is 1.78. The Kier molecular flexibility index (Phi) is 3.63. The van der Waals surface area contributed by atoms with Crippen molar-refractivity contribution in [3.8, 4) is 11.8 Å². The summed E-state index contributed by atoms with van der Waals surface area (Å²) in [6, 6.07) is 10.5. The van der Waals surface area contributed by atoms with Gasteiger partial charge in [-0.2, -0.15) is 0 Å². The van der Waals surface area contributed by atoms with Gasteiger partial charge in [0, 0.05) is 30.5 Å². The summed E-state index contributed by atoms with van der Waals surface area (Å²) in [5.74, 6) is 7.11. The molecule has 3 heteroatoms. The predicted octanol–water partition coefficient (Wildman–Crippen LogP) is 1.40. The van der Waals surface area contributed by atoms with Gasteiger partial charge in [0.25, 0.3) is 0 Å². The van der Waals surface area contributed by atoms with Crippen LogP contribution < -0.4 is 5.32 Å². The van der Waals surface area contributed by atoms with Gasteiger partial charge in [0.2, 0.25) is 0 Å². The van der Waals surface area contributed by atoms with Gasteiger partial charge in [-0.15, -0.1) is 0 Å². The number of hydrogen-bond acceptors (Lipinski definition) is 3. The fraction of sp³-hybridized carbons (Fsp3) is 0.438. The predicted molar refractivity (Wildman–Crippen MR) is 75.9 cm³/mol. The normalized spacial score (nSPS) is 32.5. The van der Waals surface area contributed by atoms with E-state index >= 15 is 0 Å². The molecule has 1 aromatic rings. The minimum absolute atomic E-state index is 0.0563. The third-order valence-electron chi connectivity index (χ3n) is 4.02. The molecule has 4 atom stereocenters. The van der Waals surface area contributed by atoms with Crippen LogP contribution in [0.25, 0.3) is 0 Å². The van der Waals surface area contributed by atoms with Crippen molar-refractivity contribution in [1.29, 1.82) is 0 Å². The Morgan fingerprint density at radius 1 is 1.32 bits per heavy atom. The average molecular weight is 254 g/mol. The van der Waals surface area contributed by atoms with E-state index in [0.717, 1.165) is 13.0 Å². The van der Waals surface area contributed by atoms with Gasteiger partial charge >= 0.3 is 0 Å². The molecule has 2 heterocycles. The molecule has 19 heavy (non-hydrogen) atoms. The molecule has 2 aliphatic rings. The lowest BCUT2D eigenvalue weighted by atomic mass is 9.81. The summed E-state index contributed by atoms with van der Waals surface area (Å²) in [4.78, 5) is 4.64. The fourth-order valence-corrected chi connectivity index (χ4v) is 3.03. The number of benzene rings is 1. The monoisotopic (exact) mass is 254 g/mol. The van der Waals surface area contributed by atoms with Crippen molar-refractivity contribution >= 4 is 6.21 Å². The van der Waals surface area contributed by atoms with Crippen LogP contribution in [0.3, 0.4) is 0 Å². The lowest BCUT2D eigenvalue weighted by Crippen LogP contribution is -2.30. The highest BCUT2D eigenvalue weighted by atomic mass is 16.2. The van der Waals surface area contributed by atoms with Crippen LogP contribution in [0, 0.1) is 23.7 Å². The smallest absolute Gasteiger partial charge is 0.104 e. The summed E-state index contributed by atoms with van der Waals surface area (Å²) in [6.45, 7) is 0.820. The molecule has 0 bridgehead atoms. The van der Waals surface area contributed by atoms with Gasteiger partial charge in [-0.3, -0.25) is 10.3 Å². The van der Waals surface area contributed by atoms with E-state index < -0.39 is 0 Å². The molecule has 0 saturated carbocycles. The van der Waals surface area contributed by atoms with Crippen LogP contribution in [0.1, 0.15) is 17.9 Å². The third kappa shape index (κ3) is 2.56. The summed E-state index contributed by atoms with van der Waals surface area (Å²) >= 11 is 0. The van der Waals surface area contributed by atoms with Crippen LogP contribution in [0.4, 0.5) is 0 Å². The summed E-state index contributed by atoms with van der Waals surface area (Å²) < 4.78 is 0. The van der Waals surface area contributed by atoms with Crippen LogP contribution in [-0.4, -0.2) is 30.6 Å². The maximum atomic E-state index is 8.83. The third-order valence-corrected chi connectivity index (χ3v) is 4.02. The van der Waals surface area contributed by atoms with Crippen LogP contribution in [0.15, 0.2) is 35.3 Å². The molecule has 1 fully saturated rings. The average Bonchev–Trinajstić information content (AvgIpc) is 2.88. The van der Waals surface area contributed by atoms with Gasteiger partial charge in [0.15, 0.2) is 0 Å². The Hall–Kier alpha value is -1.63. The lowest BCUT2D eigenvalue weighted by Gasteiger charge is -2.27. The highest BCUT2D eigenvalue weighted by Crippen LogP contribution is 2.35. The summed E-state index contributed by atoms with van der Waals surface area (Å²) in [5, 5.41) is 12.2. The number of aliphatic imine (C=N–C) groups is 1. The van der Waals surface area contributed by atoms with Crippen molar-refractivity contribution in [3.05, 3.63) is 35.9 Å². The van der Waals surface area contributed by atoms with Gasteiger partial charge in [0.05, 0.1) is 0 Å². The second-order valence-corrected chi connectivity index (χ2v) is 5.15. The zero-order valence-corrected chi connectivity index (χ0v) is 10.8. The topological polar surface area (TPSA) is 44.6 Å². The molecular weight excluding hydrogens is 236 g/mol. The molecule has 98 valence electrons. The van der Waals surface area contributed by atoms with Crippen molar-refractivity contribution in [1.82, 2.24) is 5.32 Å². The molecule has 0 spiro atoms. The summed E-state index contributed by atoms with van der Waals surface area (Å²) in [7, 11) is 0. The largest absolute Gasteiger partial charge is 0.384 e. The molecule has 2 N–H and O–H groups in total. The van der Waals surface area contributed by atoms with E-state index in [0.29, 0.717) is 17.8 Å². The van der Waals surface area contributed by atoms with Crippen molar-refractivity contribution in [3.63, 3.8) is 0 Å². The second-order valence-electron chi connectivity index (χ2n) is 5.15. The Morgan fingerprint density at radius 3 is 2.95 bits per heavy atom. The highest BCUT2D eigenvalue weighted by molar-refractivity contribution is 5.69. The Bertz CT molecular complexity index is 515. The minimum atomic E-state index is -0.0563. The molecule has 1 aromatic carbocycles. The first-order valence-electron chi connectivity index (χ1n) is 6.79. The van der Waals surface area contributed by atoms with E-state index in [9.17, 15) is 0 Å². The van der Waals surface area contributed by atoms with Gasteiger partial charge in [0.1, 0.15) is 12.8 Å². The van der Waals surface area contributed by atoms with E-state index in [-0.39, 0.29) is 12.8 Å². The Morgan fingerprint density at radius 2 is 2.16 bits per heavy atom. The zero-order chi connectivity index (χ0) is 13.1. The van der Waals surface area contributed by atoms with E-state index in [1.807, 2.05) is 6.07 Å². The maximum Gasteiger partial charge on any atom is 0.104 e. The van der Waals surface area contributed by atoms with Crippen molar-refractivity contribution < 1.29 is 5.11 Å². The first-order valence-corrected chi connectivity index (χ1v) is 6.79. The number of rotatable bonds is 1. The number of aliphatic hydroxyl groups is 1. The molecule has 3 nitrogen and oxygen atoms in total. The SMILES string of the molecule is OCC#CC1CNC2N=CC(c3ccccc3)CC12. The van der Waals surface area contributed by atoms with Gasteiger partial charge < -0.3 is 5.11 Å². The van der Waals surface area contributed by atoms with E-state index in [1.54, 1.807) is 0 Å². The van der Waals surface area contributed by atoms with Gasteiger partial charge in [-0.25, -0.2) is 0 Å². The van der Waals surface area contributed by atoms with Crippen LogP contribution in [0.2, 0.25) is 0 Å². The maximum absolute atomic E-state index is 8.83. The number of fused-ring (bicyclic) bond motifs is 1. The molecule has 4 unspecified atom stereocenters. The summed E-state index contributed by atoms with van der Waals surface area (Å²) in [6.07, 6.45) is 3.36. The van der Waals surface area contributed by atoms with Crippen molar-refractivity contribution in [2.75, 3.05) is 13.2 Å². The number of aliphatic hydroxyl groups excluding tert-OH is 1. The molecule has 0 aromatic heterocycles. The van der Waals surface area contributed by atoms with E-state index in [2.05, 4.69) is 52.6 Å². The van der Waals surface area contributed by atoms with Gasteiger partial charge in [-0.05, 0) is 12.0 Å². The van der Waals surface area contributed by atoms with Crippen LogP contribution in [-0.2, 0) is 0 Å². The zero-order valence-electron chi connectivity index (χ0n) is 10.8. The molecule has 1 saturated heterocycles. The molecule has 0 aliphatic carbocycles. The number of nitrogens with zero attached hydrogens (tertiary/aromatic N) is 1. The standard InChI is InChI=1S/C16H18N2O/c19-8-4-7-13-10-17-16-15(13)9-14(11-18-16)12-5-2-1-3-6-12/h1-3,5-6,11,13-17,19H,8-10H2. The van der Waals surface area contributed by atoms with Gasteiger partial charge in [-0.1, -0.05) is 42.2 Å². The molecule has 0 radical (unpaired) electrons. The summed E-state index contributed by atoms with van der Waals surface area (Å²) in [5.41, 5.74) is 1.32. The quantitative estimate of drug-likeness (QED) is 0.744. The van der Waals surface area contributed by atoms with Crippen LogP contribution in [0.5, 0.6) is 0 Å². The molecular formula is C16H18N2O. The number of hydrogen-bond donors (Lipinski definition) is 2. The first-order chi connectivity index (χ1) is 9.38. The minimum Gasteiger partial charge on any atom is -0.384 e. The molecule has 0 amide bonds. The first kappa shape index (κ1) is 12.4. The fourth-order valence-electron chi connectivity index (χ4n) is 3.03. The van der Waals surface area contributed by atoms with Crippen molar-refractivity contribution in [2.24, 2.45) is 16.8 Å². The highest BCUT2D eigenvalue weighted by Gasteiger charge is 2.38. The van der Waals surface area contributed by atoms with Crippen LogP contribution >= 0.6 is 0 Å². The Labute approximate surface area is 113 Å². The van der Waals surface area contributed by atoms with E-state index in [4.69, 9.17) is 5.11 Å². The molecule has 2 aliphatic heterocycles.